The zero-order valence-electron chi connectivity index (χ0n) is 39.9. The number of pyridine rings is 1. The molecule has 25 heteroatoms. The number of benzene rings is 2. The molecule has 4 aliphatic rings. The number of hydrogen-bond acceptors (Lipinski definition) is 16. The Hall–Kier alpha value is -2.58. The Morgan fingerprint density at radius 3 is 1.44 bits per heavy atom. The summed E-state index contributed by atoms with van der Waals surface area (Å²) in [6.45, 7) is 3.52. The van der Waals surface area contributed by atoms with Crippen LogP contribution in [0.3, 0.4) is 0 Å². The van der Waals surface area contributed by atoms with E-state index in [1.165, 1.54) is 68.7 Å². The summed E-state index contributed by atoms with van der Waals surface area (Å²) in [6, 6.07) is 23.0. The predicted octanol–water partition coefficient (Wildman–Crippen LogP) is 5.12. The number of rotatable bonds is 10. The molecule has 0 aliphatic carbocycles. The summed E-state index contributed by atoms with van der Waals surface area (Å²) in [7, 11) is 0.174. The summed E-state index contributed by atoms with van der Waals surface area (Å²) >= 11 is 15.8. The van der Waals surface area contributed by atoms with Crippen molar-refractivity contribution < 1.29 is 99.9 Å². The average molecular weight is 1200 g/mol. The third-order valence-corrected chi connectivity index (χ3v) is 16.2. The number of nitrogens with zero attached hydrogens (tertiary/aromatic N) is 4. The van der Waals surface area contributed by atoms with Gasteiger partial charge in [-0.2, -0.15) is 18.9 Å². The molecule has 7 atom stereocenters. The smallest absolute Gasteiger partial charge is 0.394 e. The summed E-state index contributed by atoms with van der Waals surface area (Å²) < 4.78 is 51.5. The fraction of sp³-hybridized carbons (Fsp3) is 0.556. The molecule has 0 amide bonds. The van der Waals surface area contributed by atoms with Crippen LogP contribution in [-0.2, 0) is 50.4 Å². The largest absolute Gasteiger partial charge is 1.00 e. The minimum Gasteiger partial charge on any atom is -1.00 e. The lowest BCUT2D eigenvalue weighted by atomic mass is 9.84. The fourth-order valence-electron chi connectivity index (χ4n) is 9.17. The van der Waals surface area contributed by atoms with E-state index < -0.39 is 51.4 Å². The first-order valence-electron chi connectivity index (χ1n) is 21.9. The molecule has 2 aromatic carbocycles. The number of carbonyl (C=O) groups is 2. The molecule has 0 saturated carbocycles. The van der Waals surface area contributed by atoms with Crippen molar-refractivity contribution in [3.05, 3.63) is 101 Å². The average Bonchev–Trinajstić information content (AvgIpc) is 3.61. The summed E-state index contributed by atoms with van der Waals surface area (Å²) in [5, 5.41) is 37.3. The number of hydrogen-bond donors (Lipinski definition) is 6. The van der Waals surface area contributed by atoms with Gasteiger partial charge in [-0.05, 0) is 119 Å². The van der Waals surface area contributed by atoms with Gasteiger partial charge in [0.25, 0.3) is 0 Å². The second-order valence-corrected chi connectivity index (χ2v) is 22.9. The van der Waals surface area contributed by atoms with Gasteiger partial charge in [0.05, 0.1) is 23.6 Å². The number of oxime groups is 1. The van der Waals surface area contributed by atoms with Gasteiger partial charge < -0.3 is 62.9 Å². The Kier molecular flexibility index (Phi) is 26.6. The minimum atomic E-state index is -4.67. The number of fused-ring (bicyclic) bond motifs is 4. The molecule has 0 radical (unpaired) electrons. The number of aromatic nitrogens is 1. The van der Waals surface area contributed by atoms with Crippen molar-refractivity contribution in [3.8, 4) is 0 Å². The van der Waals surface area contributed by atoms with E-state index in [0.717, 1.165) is 30.9 Å². The number of carbonyl (C=O) groups excluding carboxylic acids is 2. The second kappa shape index (κ2) is 29.3. The third kappa shape index (κ3) is 19.4. The first-order chi connectivity index (χ1) is 32.3. The SMILES string of the molecule is CC(C(=O)OO)c1cccc(C2CC3CCC(C2)N3C)c1.CC(C(=O)OO)c1cccc(C2CC3CCC(C2)N3C)c1.COP(=O)(OC)C(O)C(Cl)(Cl)Cl.C[n+]1cccc(/C=N/O)c1.O=S(=O)(O)O.[I-]. The molecule has 4 bridgehead atoms. The highest BCUT2D eigenvalue weighted by Gasteiger charge is 2.47. The van der Waals surface area contributed by atoms with Gasteiger partial charge in [0.1, 0.15) is 7.05 Å². The maximum atomic E-state index is 11.5. The lowest BCUT2D eigenvalue weighted by Crippen LogP contribution is -3.00. The molecule has 7 unspecified atom stereocenters. The van der Waals surface area contributed by atoms with Crippen molar-refractivity contribution in [2.75, 3.05) is 28.3 Å². The van der Waals surface area contributed by atoms with Crippen LogP contribution in [0.4, 0.5) is 0 Å². The van der Waals surface area contributed by atoms with Crippen LogP contribution in [0.25, 0.3) is 0 Å². The van der Waals surface area contributed by atoms with Crippen LogP contribution < -0.4 is 28.5 Å². The lowest BCUT2D eigenvalue weighted by molar-refractivity contribution is -0.671. The zero-order chi connectivity index (χ0) is 51.9. The van der Waals surface area contributed by atoms with Crippen LogP contribution in [0.1, 0.15) is 117 Å². The molecule has 4 aliphatic heterocycles. The van der Waals surface area contributed by atoms with Crippen molar-refractivity contribution >= 4 is 71.0 Å². The number of alkyl halides is 3. The van der Waals surface area contributed by atoms with Crippen molar-refractivity contribution in [1.29, 1.82) is 0 Å². The van der Waals surface area contributed by atoms with Gasteiger partial charge in [-0.25, -0.2) is 14.2 Å². The first kappa shape index (κ1) is 63.5. The van der Waals surface area contributed by atoms with Crippen LogP contribution in [0.5, 0.6) is 0 Å². The molecule has 394 valence electrons. The molecule has 4 fully saturated rings. The maximum absolute atomic E-state index is 11.5. The van der Waals surface area contributed by atoms with Gasteiger partial charge in [-0.3, -0.25) is 13.7 Å². The third-order valence-electron chi connectivity index (χ3n) is 13.1. The number of aryl methyl sites for hydroxylation is 1. The molecule has 6 N–H and O–H groups in total. The number of aliphatic hydroxyl groups is 1. The van der Waals surface area contributed by atoms with E-state index in [1.54, 1.807) is 13.8 Å². The highest BCUT2D eigenvalue weighted by atomic mass is 127. The molecule has 5 heterocycles. The number of aliphatic hydroxyl groups excluding tert-OH is 1. The predicted molar refractivity (Wildman–Crippen MR) is 259 cm³/mol. The lowest BCUT2D eigenvalue weighted by Gasteiger charge is -2.36. The number of piperidine rings is 2. The summed E-state index contributed by atoms with van der Waals surface area (Å²) in [4.78, 5) is 35.8. The van der Waals surface area contributed by atoms with E-state index in [1.807, 2.05) is 60.4 Å². The van der Waals surface area contributed by atoms with Crippen LogP contribution in [0.15, 0.2) is 78.2 Å². The minimum absolute atomic E-state index is 0. The highest BCUT2D eigenvalue weighted by Crippen LogP contribution is 2.57. The van der Waals surface area contributed by atoms with Gasteiger partial charge in [0.2, 0.25) is 9.64 Å². The molecule has 70 heavy (non-hydrogen) atoms. The van der Waals surface area contributed by atoms with E-state index in [-0.39, 0.29) is 24.0 Å². The van der Waals surface area contributed by atoms with Crippen molar-refractivity contribution in [2.45, 2.75) is 123 Å². The van der Waals surface area contributed by atoms with Gasteiger partial charge in [0.15, 0.2) is 12.4 Å². The van der Waals surface area contributed by atoms with Crippen molar-refractivity contribution in [3.63, 3.8) is 0 Å². The van der Waals surface area contributed by atoms with E-state index >= 15 is 0 Å². The van der Waals surface area contributed by atoms with Crippen LogP contribution >= 0.6 is 42.4 Å². The molecule has 19 nitrogen and oxygen atoms in total. The van der Waals surface area contributed by atoms with E-state index in [2.05, 4.69) is 72.1 Å². The van der Waals surface area contributed by atoms with E-state index in [9.17, 15) is 19.3 Å². The summed E-state index contributed by atoms with van der Waals surface area (Å²) in [5.74, 6) is -2.71. The number of halogens is 4. The normalized spacial score (nSPS) is 23.2. The molecule has 0 spiro atoms. The standard InChI is InChI=1S/2C17H23NO3.C7H8N2O.C4H8Cl3O4P.HI.H2O4S/c2*1-11(17(19)21-20)12-4-3-5-13(8-12)14-9-15-6-7-16(10-14)18(15)2;1-9-4-2-3-7(6-9)5-8-10;1-10-12(9,11-2)3(8)4(5,6)7;;1-5(2,3)4/h2*3-5,8,11,14-16,20H,6-7,9-10H2,1-2H3;2-6H,1H3;3,8H,1-2H3;1H;(H2,1,2,3,4)/b;;8-5+;;;. The topological polar surface area (TPSA) is 266 Å². The fourth-order valence-corrected chi connectivity index (χ4v) is 11.2. The highest BCUT2D eigenvalue weighted by molar-refractivity contribution is 7.79. The summed E-state index contributed by atoms with van der Waals surface area (Å²) in [5.41, 5.74) is 5.34. The quantitative estimate of drug-likeness (QED) is 0.0177. The van der Waals surface area contributed by atoms with E-state index in [0.29, 0.717) is 36.0 Å². The molecular formula is C45H65Cl3IN4O15PS. The van der Waals surface area contributed by atoms with Crippen LogP contribution in [0.2, 0.25) is 0 Å². The Labute approximate surface area is 442 Å². The Morgan fingerprint density at radius 1 is 0.786 bits per heavy atom. The molecule has 7 rings (SSSR count). The van der Waals surface area contributed by atoms with Gasteiger partial charge in [-0.15, -0.1) is 0 Å². The van der Waals surface area contributed by atoms with Gasteiger partial charge in [0, 0.05) is 44.5 Å². The maximum Gasteiger partial charge on any atom is 0.394 e. The molecule has 4 saturated heterocycles. The van der Waals surface area contributed by atoms with Crippen molar-refractivity contribution in [1.82, 2.24) is 9.80 Å². The Morgan fingerprint density at radius 2 is 1.16 bits per heavy atom. The van der Waals surface area contributed by atoms with Crippen LogP contribution in [-0.4, -0.2) is 128 Å². The Bertz CT molecular complexity index is 2180. The first-order valence-corrected chi connectivity index (χ1v) is 26.1. The van der Waals surface area contributed by atoms with E-state index in [4.69, 9.17) is 68.0 Å². The Balaban J connectivity index is 0.000000321. The van der Waals surface area contributed by atoms with Gasteiger partial charge in [-0.1, -0.05) is 88.5 Å². The van der Waals surface area contributed by atoms with Crippen molar-refractivity contribution in [2.24, 2.45) is 12.2 Å². The molecule has 3 aromatic rings. The summed E-state index contributed by atoms with van der Waals surface area (Å²) in [6.07, 6.45) is 15.2. The second-order valence-electron chi connectivity index (χ2n) is 17.4. The zero-order valence-corrected chi connectivity index (χ0v) is 46.0. The van der Waals surface area contributed by atoms with Crippen LogP contribution in [0, 0.1) is 0 Å². The monoisotopic (exact) mass is 1200 g/mol. The molecule has 1 aromatic heterocycles. The van der Waals surface area contributed by atoms with Gasteiger partial charge >= 0.3 is 29.9 Å². The molecular weight excluding hydrogens is 1130 g/mol.